The summed E-state index contributed by atoms with van der Waals surface area (Å²) in [7, 11) is 1.79. The molecule has 1 heterocycles. The number of aliphatic imine (C=N–C) groups is 1. The standard InChI is InChI=1S/C18H27N5S/c1-14(2)16-13-24-17(23-16)12-22-18(19-3)21-11-7-10-20-15-8-5-4-6-9-15/h4-6,8-9,13-14,20H,7,10-12H2,1-3H3,(H2,19,21,22). The summed E-state index contributed by atoms with van der Waals surface area (Å²) < 4.78 is 0. The van der Waals surface area contributed by atoms with E-state index >= 15 is 0 Å². The average molecular weight is 346 g/mol. The molecule has 0 atom stereocenters. The minimum atomic E-state index is 0.476. The van der Waals surface area contributed by atoms with Crippen molar-refractivity contribution < 1.29 is 0 Å². The van der Waals surface area contributed by atoms with Crippen molar-refractivity contribution in [1.82, 2.24) is 15.6 Å². The highest BCUT2D eigenvalue weighted by atomic mass is 32.1. The summed E-state index contributed by atoms with van der Waals surface area (Å²) in [5, 5.41) is 13.3. The summed E-state index contributed by atoms with van der Waals surface area (Å²) in [6, 6.07) is 10.3. The number of guanidine groups is 1. The Morgan fingerprint density at radius 3 is 2.62 bits per heavy atom. The fourth-order valence-corrected chi connectivity index (χ4v) is 3.03. The maximum atomic E-state index is 4.62. The zero-order chi connectivity index (χ0) is 17.2. The van der Waals surface area contributed by atoms with E-state index in [1.54, 1.807) is 18.4 Å². The summed E-state index contributed by atoms with van der Waals surface area (Å²) in [5.74, 6) is 1.29. The number of anilines is 1. The Kier molecular flexibility index (Phi) is 7.55. The second kappa shape index (κ2) is 9.93. The Morgan fingerprint density at radius 2 is 1.96 bits per heavy atom. The second-order valence-corrected chi connectivity index (χ2v) is 6.76. The smallest absolute Gasteiger partial charge is 0.191 e. The molecule has 3 N–H and O–H groups in total. The number of hydrogen-bond acceptors (Lipinski definition) is 4. The van der Waals surface area contributed by atoms with Crippen LogP contribution in [0.2, 0.25) is 0 Å². The van der Waals surface area contributed by atoms with Crippen LogP contribution in [0.15, 0.2) is 40.7 Å². The normalized spacial score (nSPS) is 11.6. The zero-order valence-corrected chi connectivity index (χ0v) is 15.5. The SMILES string of the molecule is CN=C(NCCCNc1ccccc1)NCc1nc(C(C)C)cs1. The Morgan fingerprint density at radius 1 is 1.17 bits per heavy atom. The van der Waals surface area contributed by atoms with E-state index in [9.17, 15) is 0 Å². The van der Waals surface area contributed by atoms with Gasteiger partial charge in [0.15, 0.2) is 5.96 Å². The van der Waals surface area contributed by atoms with Gasteiger partial charge in [-0.05, 0) is 24.5 Å². The van der Waals surface area contributed by atoms with Gasteiger partial charge in [0.2, 0.25) is 0 Å². The Labute approximate surface area is 148 Å². The molecule has 0 amide bonds. The van der Waals surface area contributed by atoms with E-state index in [1.807, 2.05) is 18.2 Å². The molecule has 0 bridgehead atoms. The van der Waals surface area contributed by atoms with Gasteiger partial charge in [-0.1, -0.05) is 32.0 Å². The molecule has 1 aromatic carbocycles. The van der Waals surface area contributed by atoms with Crippen LogP contribution in [-0.4, -0.2) is 31.1 Å². The highest BCUT2D eigenvalue weighted by Gasteiger charge is 2.06. The lowest BCUT2D eigenvalue weighted by molar-refractivity contribution is 0.756. The molecule has 0 aliphatic heterocycles. The van der Waals surface area contributed by atoms with E-state index in [-0.39, 0.29) is 0 Å². The van der Waals surface area contributed by atoms with Crippen LogP contribution in [0.4, 0.5) is 5.69 Å². The van der Waals surface area contributed by atoms with Crippen LogP contribution >= 0.6 is 11.3 Å². The van der Waals surface area contributed by atoms with Crippen molar-refractivity contribution in [2.75, 3.05) is 25.5 Å². The molecule has 0 saturated carbocycles. The molecule has 0 aliphatic rings. The first-order chi connectivity index (χ1) is 11.7. The molecule has 2 rings (SSSR count). The summed E-state index contributed by atoms with van der Waals surface area (Å²) in [5.41, 5.74) is 2.32. The summed E-state index contributed by atoms with van der Waals surface area (Å²) in [6.07, 6.45) is 1.02. The molecular formula is C18H27N5S. The van der Waals surface area contributed by atoms with E-state index in [0.717, 1.165) is 41.9 Å². The molecule has 0 aliphatic carbocycles. The van der Waals surface area contributed by atoms with E-state index in [2.05, 4.69) is 57.3 Å². The molecule has 2 aromatic rings. The second-order valence-electron chi connectivity index (χ2n) is 5.82. The quantitative estimate of drug-likeness (QED) is 0.390. The van der Waals surface area contributed by atoms with Gasteiger partial charge in [-0.2, -0.15) is 0 Å². The number of rotatable bonds is 8. The van der Waals surface area contributed by atoms with Crippen LogP contribution in [-0.2, 0) is 6.54 Å². The Balaban J connectivity index is 1.63. The van der Waals surface area contributed by atoms with Crippen molar-refractivity contribution >= 4 is 23.0 Å². The first-order valence-corrected chi connectivity index (χ1v) is 9.24. The van der Waals surface area contributed by atoms with Gasteiger partial charge >= 0.3 is 0 Å². The van der Waals surface area contributed by atoms with Crippen LogP contribution in [0.25, 0.3) is 0 Å². The van der Waals surface area contributed by atoms with Crippen LogP contribution in [0.1, 0.15) is 36.9 Å². The fourth-order valence-electron chi connectivity index (χ4n) is 2.14. The van der Waals surface area contributed by atoms with Crippen molar-refractivity contribution in [1.29, 1.82) is 0 Å². The predicted octanol–water partition coefficient (Wildman–Crippen LogP) is 3.43. The van der Waals surface area contributed by atoms with Crippen LogP contribution in [0, 0.1) is 0 Å². The average Bonchev–Trinajstić information content (AvgIpc) is 3.07. The van der Waals surface area contributed by atoms with Crippen molar-refractivity contribution in [2.45, 2.75) is 32.7 Å². The van der Waals surface area contributed by atoms with E-state index in [4.69, 9.17) is 0 Å². The largest absolute Gasteiger partial charge is 0.385 e. The minimum Gasteiger partial charge on any atom is -0.385 e. The van der Waals surface area contributed by atoms with Gasteiger partial charge in [0.25, 0.3) is 0 Å². The van der Waals surface area contributed by atoms with E-state index in [0.29, 0.717) is 12.5 Å². The van der Waals surface area contributed by atoms with Crippen LogP contribution < -0.4 is 16.0 Å². The minimum absolute atomic E-state index is 0.476. The number of thiazole rings is 1. The van der Waals surface area contributed by atoms with E-state index in [1.165, 1.54) is 0 Å². The van der Waals surface area contributed by atoms with Gasteiger partial charge in [-0.3, -0.25) is 4.99 Å². The number of para-hydroxylation sites is 1. The highest BCUT2D eigenvalue weighted by Crippen LogP contribution is 2.17. The third-order valence-electron chi connectivity index (χ3n) is 3.54. The van der Waals surface area contributed by atoms with Crippen LogP contribution in [0.3, 0.4) is 0 Å². The molecule has 0 fully saturated rings. The maximum Gasteiger partial charge on any atom is 0.191 e. The fraction of sp³-hybridized carbons (Fsp3) is 0.444. The summed E-state index contributed by atoms with van der Waals surface area (Å²) in [6.45, 7) is 6.83. The molecule has 6 heteroatoms. The van der Waals surface area contributed by atoms with Gasteiger partial charge in [0, 0.05) is 31.2 Å². The predicted molar refractivity (Wildman–Crippen MR) is 104 cm³/mol. The van der Waals surface area contributed by atoms with Crippen LogP contribution in [0.5, 0.6) is 0 Å². The molecule has 0 saturated heterocycles. The molecule has 0 radical (unpaired) electrons. The molecule has 0 unspecified atom stereocenters. The molecule has 130 valence electrons. The van der Waals surface area contributed by atoms with Gasteiger partial charge in [-0.25, -0.2) is 4.98 Å². The third kappa shape index (κ3) is 6.20. The lowest BCUT2D eigenvalue weighted by Gasteiger charge is -2.11. The van der Waals surface area contributed by atoms with Gasteiger partial charge in [0.1, 0.15) is 5.01 Å². The number of aromatic nitrogens is 1. The number of nitrogens with one attached hydrogen (secondary N) is 3. The topological polar surface area (TPSA) is 61.3 Å². The van der Waals surface area contributed by atoms with Gasteiger partial charge in [-0.15, -0.1) is 11.3 Å². The monoisotopic (exact) mass is 345 g/mol. The van der Waals surface area contributed by atoms with Crippen molar-refractivity contribution in [2.24, 2.45) is 4.99 Å². The molecule has 5 nitrogen and oxygen atoms in total. The number of benzene rings is 1. The lowest BCUT2D eigenvalue weighted by Crippen LogP contribution is -2.37. The van der Waals surface area contributed by atoms with Gasteiger partial charge in [0.05, 0.1) is 12.2 Å². The maximum absolute atomic E-state index is 4.62. The van der Waals surface area contributed by atoms with E-state index < -0.39 is 0 Å². The van der Waals surface area contributed by atoms with Crippen molar-refractivity contribution in [3.05, 3.63) is 46.4 Å². The Bertz CT molecular complexity index is 621. The zero-order valence-electron chi connectivity index (χ0n) is 14.7. The van der Waals surface area contributed by atoms with Gasteiger partial charge < -0.3 is 16.0 Å². The number of nitrogens with zero attached hydrogens (tertiary/aromatic N) is 2. The molecular weight excluding hydrogens is 318 g/mol. The van der Waals surface area contributed by atoms with Crippen molar-refractivity contribution in [3.63, 3.8) is 0 Å². The first-order valence-electron chi connectivity index (χ1n) is 8.36. The summed E-state index contributed by atoms with van der Waals surface area (Å²) in [4.78, 5) is 8.87. The molecule has 24 heavy (non-hydrogen) atoms. The Hall–Kier alpha value is -2.08. The molecule has 1 aromatic heterocycles. The third-order valence-corrected chi connectivity index (χ3v) is 4.41. The van der Waals surface area contributed by atoms with Crippen molar-refractivity contribution in [3.8, 4) is 0 Å². The highest BCUT2D eigenvalue weighted by molar-refractivity contribution is 7.09. The number of hydrogen-bond donors (Lipinski definition) is 3. The molecule has 0 spiro atoms. The summed E-state index contributed by atoms with van der Waals surface area (Å²) >= 11 is 1.69. The first kappa shape index (κ1) is 18.3. The lowest BCUT2D eigenvalue weighted by atomic mass is 10.2.